The second-order valence-corrected chi connectivity index (χ2v) is 3.84. The van der Waals surface area contributed by atoms with E-state index in [0.717, 1.165) is 6.07 Å². The molecule has 0 aliphatic rings. The van der Waals surface area contributed by atoms with Crippen molar-refractivity contribution in [2.24, 2.45) is 5.73 Å². The van der Waals surface area contributed by atoms with E-state index in [0.29, 0.717) is 23.8 Å². The Morgan fingerprint density at radius 1 is 1.42 bits per heavy atom. The smallest absolute Gasteiger partial charge is 0.273 e. The highest BCUT2D eigenvalue weighted by Gasteiger charge is 2.16. The summed E-state index contributed by atoms with van der Waals surface area (Å²) in [5, 5.41) is 18.5. The molecule has 0 aliphatic carbocycles. The number of nitrogens with zero attached hydrogens (tertiary/aromatic N) is 4. The lowest BCUT2D eigenvalue weighted by atomic mass is 10.2. The average Bonchev–Trinajstić information content (AvgIpc) is 2.80. The zero-order valence-electron chi connectivity index (χ0n) is 10.2. The van der Waals surface area contributed by atoms with Gasteiger partial charge in [0.15, 0.2) is 5.82 Å². The van der Waals surface area contributed by atoms with Gasteiger partial charge in [0.05, 0.1) is 17.5 Å². The highest BCUT2D eigenvalue weighted by atomic mass is 19.1. The second-order valence-electron chi connectivity index (χ2n) is 3.84. The molecule has 8 heteroatoms. The zero-order valence-corrected chi connectivity index (χ0v) is 10.2. The standard InChI is InChI=1S/C11H12FN5O2/c1-2-16-10(6-13)14-15-11(16)7-3-8(12)5-9(4-7)17(18)19/h3-5H,2,6,13H2,1H3. The number of nitro benzene ring substituents is 1. The Hall–Kier alpha value is -2.35. The third-order valence-corrected chi connectivity index (χ3v) is 2.68. The first-order chi connectivity index (χ1) is 9.06. The highest BCUT2D eigenvalue weighted by molar-refractivity contribution is 5.59. The molecule has 19 heavy (non-hydrogen) atoms. The number of non-ortho nitro benzene ring substituents is 1. The van der Waals surface area contributed by atoms with Gasteiger partial charge in [-0.15, -0.1) is 10.2 Å². The third-order valence-electron chi connectivity index (χ3n) is 2.68. The van der Waals surface area contributed by atoms with Crippen LogP contribution in [0.5, 0.6) is 0 Å². The summed E-state index contributed by atoms with van der Waals surface area (Å²) in [5.74, 6) is 0.221. The van der Waals surface area contributed by atoms with Gasteiger partial charge >= 0.3 is 0 Å². The van der Waals surface area contributed by atoms with Crippen LogP contribution in [0.3, 0.4) is 0 Å². The lowest BCUT2D eigenvalue weighted by Gasteiger charge is -2.06. The van der Waals surface area contributed by atoms with E-state index < -0.39 is 10.7 Å². The maximum atomic E-state index is 13.4. The van der Waals surface area contributed by atoms with Crippen LogP contribution in [0.2, 0.25) is 0 Å². The fourth-order valence-electron chi connectivity index (χ4n) is 1.84. The largest absolute Gasteiger partial charge is 0.324 e. The van der Waals surface area contributed by atoms with Gasteiger partial charge < -0.3 is 10.3 Å². The molecular formula is C11H12FN5O2. The monoisotopic (exact) mass is 265 g/mol. The molecule has 0 unspecified atom stereocenters. The zero-order chi connectivity index (χ0) is 14.0. The molecule has 0 spiro atoms. The SMILES string of the molecule is CCn1c(CN)nnc1-c1cc(F)cc([N+](=O)[O-])c1. The summed E-state index contributed by atoms with van der Waals surface area (Å²) in [6.07, 6.45) is 0. The van der Waals surface area contributed by atoms with Gasteiger partial charge in [0.2, 0.25) is 0 Å². The summed E-state index contributed by atoms with van der Waals surface area (Å²) in [6.45, 7) is 2.59. The first-order valence-electron chi connectivity index (χ1n) is 5.64. The van der Waals surface area contributed by atoms with Crippen LogP contribution < -0.4 is 5.73 Å². The Bertz CT molecular complexity index is 626. The maximum absolute atomic E-state index is 13.4. The molecule has 0 fully saturated rings. The molecule has 0 aliphatic heterocycles. The van der Waals surface area contributed by atoms with Gasteiger partial charge in [0.25, 0.3) is 5.69 Å². The molecule has 0 amide bonds. The minimum absolute atomic E-state index is 0.193. The Labute approximate surface area is 108 Å². The van der Waals surface area contributed by atoms with E-state index in [9.17, 15) is 14.5 Å². The van der Waals surface area contributed by atoms with Crippen LogP contribution >= 0.6 is 0 Å². The van der Waals surface area contributed by atoms with Gasteiger partial charge in [-0.3, -0.25) is 10.1 Å². The highest BCUT2D eigenvalue weighted by Crippen LogP contribution is 2.24. The Kier molecular flexibility index (Phi) is 3.52. The number of hydrogen-bond acceptors (Lipinski definition) is 5. The lowest BCUT2D eigenvalue weighted by Crippen LogP contribution is -2.08. The summed E-state index contributed by atoms with van der Waals surface area (Å²) in [6, 6.07) is 3.31. The number of halogens is 1. The predicted octanol–water partition coefficient (Wildman–Crippen LogP) is 1.47. The van der Waals surface area contributed by atoms with Gasteiger partial charge in [-0.2, -0.15) is 0 Å². The summed E-state index contributed by atoms with van der Waals surface area (Å²) >= 11 is 0. The topological polar surface area (TPSA) is 99.9 Å². The molecule has 100 valence electrons. The van der Waals surface area contributed by atoms with Crippen LogP contribution in [0.4, 0.5) is 10.1 Å². The van der Waals surface area contributed by atoms with E-state index in [1.807, 2.05) is 6.92 Å². The van der Waals surface area contributed by atoms with E-state index in [-0.39, 0.29) is 12.2 Å². The Morgan fingerprint density at radius 2 is 2.16 bits per heavy atom. The van der Waals surface area contributed by atoms with E-state index >= 15 is 0 Å². The fourth-order valence-corrected chi connectivity index (χ4v) is 1.84. The summed E-state index contributed by atoms with van der Waals surface area (Å²) in [4.78, 5) is 10.1. The van der Waals surface area contributed by atoms with Gasteiger partial charge in [-0.05, 0) is 13.0 Å². The Morgan fingerprint density at radius 3 is 2.74 bits per heavy atom. The molecule has 7 nitrogen and oxygen atoms in total. The van der Waals surface area contributed by atoms with Crippen molar-refractivity contribution in [3.8, 4) is 11.4 Å². The van der Waals surface area contributed by atoms with E-state index in [1.165, 1.54) is 12.1 Å². The van der Waals surface area contributed by atoms with Crippen molar-refractivity contribution in [3.63, 3.8) is 0 Å². The van der Waals surface area contributed by atoms with Crippen molar-refractivity contribution < 1.29 is 9.31 Å². The molecule has 2 N–H and O–H groups in total. The number of rotatable bonds is 4. The average molecular weight is 265 g/mol. The molecular weight excluding hydrogens is 253 g/mol. The molecule has 0 saturated carbocycles. The molecule has 1 heterocycles. The van der Waals surface area contributed by atoms with Gasteiger partial charge in [-0.1, -0.05) is 0 Å². The van der Waals surface area contributed by atoms with Gasteiger partial charge in [-0.25, -0.2) is 4.39 Å². The Balaban J connectivity index is 2.58. The van der Waals surface area contributed by atoms with Gasteiger partial charge in [0.1, 0.15) is 11.6 Å². The maximum Gasteiger partial charge on any atom is 0.273 e. The van der Waals surface area contributed by atoms with Crippen LogP contribution in [-0.2, 0) is 13.1 Å². The molecule has 0 bridgehead atoms. The molecule has 1 aromatic carbocycles. The summed E-state index contributed by atoms with van der Waals surface area (Å²) < 4.78 is 15.1. The van der Waals surface area contributed by atoms with Crippen LogP contribution in [0.1, 0.15) is 12.7 Å². The van der Waals surface area contributed by atoms with Crippen LogP contribution in [0.25, 0.3) is 11.4 Å². The normalized spacial score (nSPS) is 10.7. The fraction of sp³-hybridized carbons (Fsp3) is 0.273. The van der Waals surface area contributed by atoms with Crippen LogP contribution in [0, 0.1) is 15.9 Å². The number of aromatic nitrogens is 3. The molecule has 1 aromatic heterocycles. The van der Waals surface area contributed by atoms with E-state index in [1.54, 1.807) is 4.57 Å². The van der Waals surface area contributed by atoms with Crippen molar-refractivity contribution in [1.82, 2.24) is 14.8 Å². The van der Waals surface area contributed by atoms with Crippen molar-refractivity contribution in [3.05, 3.63) is 40.0 Å². The third kappa shape index (κ3) is 2.43. The van der Waals surface area contributed by atoms with E-state index in [4.69, 9.17) is 5.73 Å². The first-order valence-corrected chi connectivity index (χ1v) is 5.64. The minimum atomic E-state index is -0.691. The minimum Gasteiger partial charge on any atom is -0.324 e. The number of benzene rings is 1. The molecule has 0 atom stereocenters. The van der Waals surface area contributed by atoms with Crippen molar-refractivity contribution >= 4 is 5.69 Å². The predicted molar refractivity (Wildman–Crippen MR) is 65.6 cm³/mol. The van der Waals surface area contributed by atoms with E-state index in [2.05, 4.69) is 10.2 Å². The van der Waals surface area contributed by atoms with Gasteiger partial charge in [0, 0.05) is 18.2 Å². The first kappa shape index (κ1) is 13.1. The number of hydrogen-bond donors (Lipinski definition) is 1. The molecule has 2 rings (SSSR count). The second kappa shape index (κ2) is 5.11. The number of nitro groups is 1. The van der Waals surface area contributed by atoms with Crippen molar-refractivity contribution in [2.45, 2.75) is 20.0 Å². The molecule has 0 radical (unpaired) electrons. The van der Waals surface area contributed by atoms with Crippen molar-refractivity contribution in [2.75, 3.05) is 0 Å². The summed E-state index contributed by atoms with van der Waals surface area (Å²) in [5.41, 5.74) is 5.50. The quantitative estimate of drug-likeness (QED) is 0.666. The lowest BCUT2D eigenvalue weighted by molar-refractivity contribution is -0.385. The molecule has 0 saturated heterocycles. The summed E-state index contributed by atoms with van der Waals surface area (Å²) in [7, 11) is 0. The van der Waals surface area contributed by atoms with Crippen molar-refractivity contribution in [1.29, 1.82) is 0 Å². The number of nitrogens with two attached hydrogens (primary N) is 1. The van der Waals surface area contributed by atoms with Crippen LogP contribution in [0.15, 0.2) is 18.2 Å². The van der Waals surface area contributed by atoms with Crippen LogP contribution in [-0.4, -0.2) is 19.7 Å². The molecule has 2 aromatic rings.